The Morgan fingerprint density at radius 1 is 1.27 bits per heavy atom. The number of ether oxygens (including phenoxy) is 1. The minimum absolute atomic E-state index is 0.137. The van der Waals surface area contributed by atoms with Gasteiger partial charge in [0, 0.05) is 17.2 Å². The molecular formula is C16H19N3O3. The van der Waals surface area contributed by atoms with Gasteiger partial charge in [-0.15, -0.1) is 10.2 Å². The highest BCUT2D eigenvalue weighted by molar-refractivity contribution is 5.95. The number of benzene rings is 1. The van der Waals surface area contributed by atoms with E-state index in [2.05, 4.69) is 15.5 Å². The fourth-order valence-electron chi connectivity index (χ4n) is 1.82. The van der Waals surface area contributed by atoms with Gasteiger partial charge in [0.25, 0.3) is 5.91 Å². The molecule has 0 aliphatic heterocycles. The summed E-state index contributed by atoms with van der Waals surface area (Å²) in [4.78, 5) is 12.2. The largest absolute Gasteiger partial charge is 0.480 e. The summed E-state index contributed by atoms with van der Waals surface area (Å²) in [5.74, 6) is 0.185. The number of rotatable bonds is 5. The van der Waals surface area contributed by atoms with Gasteiger partial charge in [0.1, 0.15) is 0 Å². The Morgan fingerprint density at radius 3 is 2.64 bits per heavy atom. The molecule has 0 fully saturated rings. The zero-order chi connectivity index (χ0) is 16.2. The van der Waals surface area contributed by atoms with E-state index >= 15 is 0 Å². The highest BCUT2D eigenvalue weighted by atomic mass is 16.5. The van der Waals surface area contributed by atoms with E-state index in [1.54, 1.807) is 44.2 Å². The van der Waals surface area contributed by atoms with Crippen LogP contribution in [-0.2, 0) is 0 Å². The first-order chi connectivity index (χ1) is 10.4. The van der Waals surface area contributed by atoms with E-state index in [0.29, 0.717) is 17.1 Å². The van der Waals surface area contributed by atoms with Gasteiger partial charge in [-0.25, -0.2) is 0 Å². The molecule has 0 bridgehead atoms. The minimum Gasteiger partial charge on any atom is -0.480 e. The zero-order valence-corrected chi connectivity index (χ0v) is 12.8. The summed E-state index contributed by atoms with van der Waals surface area (Å²) in [5, 5.41) is 20.0. The van der Waals surface area contributed by atoms with Crippen LogP contribution in [0.15, 0.2) is 36.4 Å². The maximum atomic E-state index is 12.2. The van der Waals surface area contributed by atoms with Gasteiger partial charge < -0.3 is 15.2 Å². The van der Waals surface area contributed by atoms with Crippen molar-refractivity contribution in [1.82, 2.24) is 15.5 Å². The average molecular weight is 301 g/mol. The molecule has 2 rings (SSSR count). The van der Waals surface area contributed by atoms with E-state index < -0.39 is 5.54 Å². The Balaban J connectivity index is 2.24. The molecule has 0 radical (unpaired) electrons. The van der Waals surface area contributed by atoms with Crippen molar-refractivity contribution in [3.05, 3.63) is 42.0 Å². The molecule has 0 aliphatic rings. The van der Waals surface area contributed by atoms with Gasteiger partial charge in [-0.3, -0.25) is 4.79 Å². The van der Waals surface area contributed by atoms with Crippen molar-refractivity contribution < 1.29 is 14.6 Å². The van der Waals surface area contributed by atoms with Crippen LogP contribution in [0, 0.1) is 0 Å². The Bertz CT molecular complexity index is 654. The second kappa shape index (κ2) is 6.53. The summed E-state index contributed by atoms with van der Waals surface area (Å²) in [6, 6.07) is 10.6. The monoisotopic (exact) mass is 301 g/mol. The smallest absolute Gasteiger partial charge is 0.251 e. The Morgan fingerprint density at radius 2 is 2.05 bits per heavy atom. The lowest BCUT2D eigenvalue weighted by Crippen LogP contribution is -2.46. The van der Waals surface area contributed by atoms with Gasteiger partial charge >= 0.3 is 0 Å². The molecule has 0 aliphatic carbocycles. The molecule has 0 spiro atoms. The number of hydrogen-bond donors (Lipinski definition) is 2. The zero-order valence-electron chi connectivity index (χ0n) is 12.8. The van der Waals surface area contributed by atoms with E-state index in [0.717, 1.165) is 5.56 Å². The summed E-state index contributed by atoms with van der Waals surface area (Å²) in [6.45, 7) is 3.37. The molecule has 22 heavy (non-hydrogen) atoms. The fraction of sp³-hybridized carbons (Fsp3) is 0.312. The van der Waals surface area contributed by atoms with Crippen LogP contribution in [0.3, 0.4) is 0 Å². The molecule has 1 aromatic carbocycles. The van der Waals surface area contributed by atoms with E-state index in [1.165, 1.54) is 7.11 Å². The van der Waals surface area contributed by atoms with Gasteiger partial charge in [0.15, 0.2) is 0 Å². The molecule has 0 unspecified atom stereocenters. The number of nitrogens with zero attached hydrogens (tertiary/aromatic N) is 2. The van der Waals surface area contributed by atoms with Crippen LogP contribution in [-0.4, -0.2) is 40.5 Å². The van der Waals surface area contributed by atoms with Gasteiger partial charge in [-0.05, 0) is 32.0 Å². The molecule has 1 aromatic heterocycles. The number of aromatic nitrogens is 2. The first-order valence-corrected chi connectivity index (χ1v) is 6.87. The van der Waals surface area contributed by atoms with Crippen molar-refractivity contribution in [3.8, 4) is 17.1 Å². The molecule has 0 saturated heterocycles. The van der Waals surface area contributed by atoms with Crippen LogP contribution in [0.1, 0.15) is 24.2 Å². The summed E-state index contributed by atoms with van der Waals surface area (Å²) in [7, 11) is 1.53. The number of methoxy groups -OCH3 is 1. The third-order valence-electron chi connectivity index (χ3n) is 3.12. The van der Waals surface area contributed by atoms with Crippen molar-refractivity contribution in [1.29, 1.82) is 0 Å². The Hall–Kier alpha value is -2.47. The normalized spacial score (nSPS) is 11.1. The van der Waals surface area contributed by atoms with Crippen LogP contribution >= 0.6 is 0 Å². The molecule has 2 N–H and O–H groups in total. The highest BCUT2D eigenvalue weighted by Gasteiger charge is 2.20. The quantitative estimate of drug-likeness (QED) is 0.877. The van der Waals surface area contributed by atoms with Crippen LogP contribution < -0.4 is 10.1 Å². The maximum Gasteiger partial charge on any atom is 0.251 e. The third-order valence-corrected chi connectivity index (χ3v) is 3.12. The topological polar surface area (TPSA) is 84.3 Å². The second-order valence-corrected chi connectivity index (χ2v) is 5.54. The molecule has 6 nitrogen and oxygen atoms in total. The van der Waals surface area contributed by atoms with Crippen molar-refractivity contribution >= 4 is 5.91 Å². The first-order valence-electron chi connectivity index (χ1n) is 6.87. The van der Waals surface area contributed by atoms with E-state index in [4.69, 9.17) is 4.74 Å². The molecule has 2 aromatic rings. The number of hydrogen-bond acceptors (Lipinski definition) is 5. The lowest BCUT2D eigenvalue weighted by molar-refractivity contribution is 0.0869. The number of aliphatic hydroxyl groups excluding tert-OH is 1. The molecule has 0 atom stereocenters. The Labute approximate surface area is 129 Å². The maximum absolute atomic E-state index is 12.2. The first kappa shape index (κ1) is 15.9. The lowest BCUT2D eigenvalue weighted by Gasteiger charge is -2.23. The number of aliphatic hydroxyl groups is 1. The predicted molar refractivity (Wildman–Crippen MR) is 82.7 cm³/mol. The predicted octanol–water partition coefficient (Wildman–Crippen LogP) is 1.65. The molecule has 6 heteroatoms. The van der Waals surface area contributed by atoms with E-state index in [1.807, 2.05) is 6.07 Å². The molecule has 116 valence electrons. The molecule has 1 heterocycles. The standard InChI is InChI=1S/C16H19N3O3/c1-16(2,10-20)17-15(21)12-6-4-5-11(9-12)13-7-8-14(22-3)19-18-13/h4-9,20H,10H2,1-3H3,(H,17,21). The number of carbonyl (C=O) groups is 1. The minimum atomic E-state index is -0.674. The van der Waals surface area contributed by atoms with E-state index in [-0.39, 0.29) is 12.5 Å². The summed E-state index contributed by atoms with van der Waals surface area (Å²) >= 11 is 0. The Kier molecular flexibility index (Phi) is 4.72. The molecular weight excluding hydrogens is 282 g/mol. The number of nitrogens with one attached hydrogen (secondary N) is 1. The lowest BCUT2D eigenvalue weighted by atomic mass is 10.0. The van der Waals surface area contributed by atoms with Crippen LogP contribution in [0.2, 0.25) is 0 Å². The van der Waals surface area contributed by atoms with E-state index in [9.17, 15) is 9.90 Å². The number of amides is 1. The SMILES string of the molecule is COc1ccc(-c2cccc(C(=O)NC(C)(C)CO)c2)nn1. The summed E-state index contributed by atoms with van der Waals surface area (Å²) < 4.78 is 4.97. The van der Waals surface area contributed by atoms with Gasteiger partial charge in [-0.1, -0.05) is 12.1 Å². The van der Waals surface area contributed by atoms with Gasteiger partial charge in [-0.2, -0.15) is 0 Å². The van der Waals surface area contributed by atoms with Crippen molar-refractivity contribution in [3.63, 3.8) is 0 Å². The van der Waals surface area contributed by atoms with Gasteiger partial charge in [0.05, 0.1) is 24.9 Å². The van der Waals surface area contributed by atoms with Crippen molar-refractivity contribution in [2.45, 2.75) is 19.4 Å². The highest BCUT2D eigenvalue weighted by Crippen LogP contribution is 2.19. The molecule has 1 amide bonds. The summed E-state index contributed by atoms with van der Waals surface area (Å²) in [5.41, 5.74) is 1.26. The van der Waals surface area contributed by atoms with Crippen molar-refractivity contribution in [2.24, 2.45) is 0 Å². The average Bonchev–Trinajstić information content (AvgIpc) is 2.54. The van der Waals surface area contributed by atoms with Crippen LogP contribution in [0.5, 0.6) is 5.88 Å². The second-order valence-electron chi connectivity index (χ2n) is 5.54. The number of carbonyl (C=O) groups excluding carboxylic acids is 1. The summed E-state index contributed by atoms with van der Waals surface area (Å²) in [6.07, 6.45) is 0. The van der Waals surface area contributed by atoms with Crippen molar-refractivity contribution in [2.75, 3.05) is 13.7 Å². The van der Waals surface area contributed by atoms with Crippen LogP contribution in [0.4, 0.5) is 0 Å². The van der Waals surface area contributed by atoms with Gasteiger partial charge in [0.2, 0.25) is 5.88 Å². The molecule has 0 saturated carbocycles. The third kappa shape index (κ3) is 3.79. The fourth-order valence-corrected chi connectivity index (χ4v) is 1.82. The van der Waals surface area contributed by atoms with Crippen LogP contribution in [0.25, 0.3) is 11.3 Å².